The van der Waals surface area contributed by atoms with Crippen molar-refractivity contribution >= 4 is 11.7 Å². The summed E-state index contributed by atoms with van der Waals surface area (Å²) in [6.45, 7) is 3.70. The summed E-state index contributed by atoms with van der Waals surface area (Å²) in [5, 5.41) is 0. The zero-order chi connectivity index (χ0) is 24.8. The molecule has 0 N–H and O–H groups in total. The van der Waals surface area contributed by atoms with E-state index in [1.807, 2.05) is 54.6 Å². The van der Waals surface area contributed by atoms with E-state index in [2.05, 4.69) is 9.80 Å². The van der Waals surface area contributed by atoms with Crippen molar-refractivity contribution in [2.45, 2.75) is 12.3 Å². The summed E-state index contributed by atoms with van der Waals surface area (Å²) in [6, 6.07) is 21.4. The van der Waals surface area contributed by atoms with E-state index in [9.17, 15) is 18.0 Å². The molecule has 5 nitrogen and oxygen atoms in total. The molecule has 3 aromatic rings. The second-order valence-electron chi connectivity index (χ2n) is 8.37. The van der Waals surface area contributed by atoms with Crippen LogP contribution in [0.5, 0.6) is 5.75 Å². The SMILES string of the molecule is COc1ccc(N2CCN(CC(OC(=O)c3ccc(C(F)(F)F)cc3)c3ccccc3)CC2)cc1. The lowest BCUT2D eigenvalue weighted by Crippen LogP contribution is -2.47. The van der Waals surface area contributed by atoms with Crippen LogP contribution in [-0.4, -0.2) is 50.7 Å². The largest absolute Gasteiger partial charge is 0.497 e. The van der Waals surface area contributed by atoms with Gasteiger partial charge in [0.25, 0.3) is 0 Å². The van der Waals surface area contributed by atoms with Crippen molar-refractivity contribution in [1.82, 2.24) is 4.90 Å². The van der Waals surface area contributed by atoms with E-state index in [0.717, 1.165) is 67.4 Å². The predicted octanol–water partition coefficient (Wildman–Crippen LogP) is 5.43. The molecule has 1 heterocycles. The lowest BCUT2D eigenvalue weighted by atomic mass is 10.1. The number of nitrogens with zero attached hydrogens (tertiary/aromatic N) is 2. The summed E-state index contributed by atoms with van der Waals surface area (Å²) in [4.78, 5) is 17.3. The molecule has 0 bridgehead atoms. The Kier molecular flexibility index (Phi) is 7.60. The molecule has 1 unspecified atom stereocenters. The number of ether oxygens (including phenoxy) is 2. The Hall–Kier alpha value is -3.52. The summed E-state index contributed by atoms with van der Waals surface area (Å²) in [5.41, 5.74) is 1.25. The van der Waals surface area contributed by atoms with Gasteiger partial charge in [0, 0.05) is 38.4 Å². The molecular formula is C27H27F3N2O3. The lowest BCUT2D eigenvalue weighted by Gasteiger charge is -2.37. The number of methoxy groups -OCH3 is 1. The molecule has 1 fully saturated rings. The zero-order valence-electron chi connectivity index (χ0n) is 19.4. The third kappa shape index (κ3) is 6.33. The van der Waals surface area contributed by atoms with Crippen LogP contribution in [0.4, 0.5) is 18.9 Å². The van der Waals surface area contributed by atoms with Crippen LogP contribution in [0.2, 0.25) is 0 Å². The van der Waals surface area contributed by atoms with Gasteiger partial charge < -0.3 is 14.4 Å². The number of hydrogen-bond donors (Lipinski definition) is 0. The van der Waals surface area contributed by atoms with Crippen LogP contribution in [-0.2, 0) is 10.9 Å². The van der Waals surface area contributed by atoms with Gasteiger partial charge in [0.15, 0.2) is 0 Å². The molecule has 0 aromatic heterocycles. The Labute approximate surface area is 202 Å². The van der Waals surface area contributed by atoms with Crippen molar-refractivity contribution in [3.63, 3.8) is 0 Å². The molecule has 1 aliphatic rings. The van der Waals surface area contributed by atoms with Gasteiger partial charge in [-0.1, -0.05) is 30.3 Å². The highest BCUT2D eigenvalue weighted by Gasteiger charge is 2.30. The fraction of sp³-hybridized carbons (Fsp3) is 0.296. The van der Waals surface area contributed by atoms with E-state index < -0.39 is 23.8 Å². The molecule has 1 saturated heterocycles. The average Bonchev–Trinajstić information content (AvgIpc) is 2.89. The molecular weight excluding hydrogens is 457 g/mol. The zero-order valence-corrected chi connectivity index (χ0v) is 19.4. The molecule has 1 aliphatic heterocycles. The topological polar surface area (TPSA) is 42.0 Å². The number of alkyl halides is 3. The van der Waals surface area contributed by atoms with Gasteiger partial charge in [0.05, 0.1) is 18.2 Å². The lowest BCUT2D eigenvalue weighted by molar-refractivity contribution is -0.137. The summed E-state index contributed by atoms with van der Waals surface area (Å²) >= 11 is 0. The van der Waals surface area contributed by atoms with E-state index in [0.29, 0.717) is 6.54 Å². The van der Waals surface area contributed by atoms with Crippen molar-refractivity contribution in [3.05, 3.63) is 95.6 Å². The first kappa shape index (κ1) is 24.6. The number of piperazine rings is 1. The molecule has 1 atom stereocenters. The van der Waals surface area contributed by atoms with Crippen LogP contribution < -0.4 is 9.64 Å². The standard InChI is InChI=1S/C27H27F3N2O3/c1-34-24-13-11-23(12-14-24)32-17-15-31(16-18-32)19-25(20-5-3-2-4-6-20)35-26(33)21-7-9-22(10-8-21)27(28,29)30/h2-14,25H,15-19H2,1H3. The predicted molar refractivity (Wildman–Crippen MR) is 128 cm³/mol. The summed E-state index contributed by atoms with van der Waals surface area (Å²) in [7, 11) is 1.64. The van der Waals surface area contributed by atoms with E-state index in [1.54, 1.807) is 7.11 Å². The van der Waals surface area contributed by atoms with Gasteiger partial charge in [-0.25, -0.2) is 4.79 Å². The van der Waals surface area contributed by atoms with Crippen LogP contribution in [0.3, 0.4) is 0 Å². The van der Waals surface area contributed by atoms with Crippen molar-refractivity contribution in [1.29, 1.82) is 0 Å². The monoisotopic (exact) mass is 484 g/mol. The van der Waals surface area contributed by atoms with Gasteiger partial charge in [-0.2, -0.15) is 13.2 Å². The number of hydrogen-bond acceptors (Lipinski definition) is 5. The van der Waals surface area contributed by atoms with Crippen molar-refractivity contribution in [3.8, 4) is 5.75 Å². The molecule has 0 amide bonds. The molecule has 3 aromatic carbocycles. The second kappa shape index (κ2) is 10.8. The van der Waals surface area contributed by atoms with Gasteiger partial charge in [-0.05, 0) is 54.1 Å². The number of carbonyl (C=O) groups is 1. The maximum absolute atomic E-state index is 12.9. The minimum Gasteiger partial charge on any atom is -0.497 e. The highest BCUT2D eigenvalue weighted by atomic mass is 19.4. The Bertz CT molecular complexity index is 1100. The second-order valence-corrected chi connectivity index (χ2v) is 8.37. The van der Waals surface area contributed by atoms with Gasteiger partial charge >= 0.3 is 12.1 Å². The molecule has 184 valence electrons. The quantitative estimate of drug-likeness (QED) is 0.418. The average molecular weight is 485 g/mol. The summed E-state index contributed by atoms with van der Waals surface area (Å²) in [6.07, 6.45) is -5.00. The Morgan fingerprint density at radius 1 is 0.886 bits per heavy atom. The van der Waals surface area contributed by atoms with Crippen LogP contribution in [0.15, 0.2) is 78.9 Å². The third-order valence-electron chi connectivity index (χ3n) is 6.10. The molecule has 0 aliphatic carbocycles. The van der Waals surface area contributed by atoms with Crippen molar-refractivity contribution < 1.29 is 27.4 Å². The molecule has 0 saturated carbocycles. The number of anilines is 1. The van der Waals surface area contributed by atoms with Gasteiger partial charge in [-0.3, -0.25) is 4.90 Å². The molecule has 8 heteroatoms. The highest BCUT2D eigenvalue weighted by molar-refractivity contribution is 5.89. The van der Waals surface area contributed by atoms with Gasteiger partial charge in [0.1, 0.15) is 11.9 Å². The Morgan fingerprint density at radius 2 is 1.51 bits per heavy atom. The van der Waals surface area contributed by atoms with E-state index in [1.165, 1.54) is 0 Å². The van der Waals surface area contributed by atoms with Crippen molar-refractivity contribution in [2.75, 3.05) is 44.7 Å². The van der Waals surface area contributed by atoms with E-state index in [-0.39, 0.29) is 5.56 Å². The van der Waals surface area contributed by atoms with E-state index >= 15 is 0 Å². The fourth-order valence-corrected chi connectivity index (χ4v) is 4.09. The number of benzene rings is 3. The van der Waals surface area contributed by atoms with Gasteiger partial charge in [0.2, 0.25) is 0 Å². The Balaban J connectivity index is 1.41. The van der Waals surface area contributed by atoms with Crippen LogP contribution in [0.1, 0.15) is 27.6 Å². The summed E-state index contributed by atoms with van der Waals surface area (Å²) in [5.74, 6) is 0.164. The first-order valence-corrected chi connectivity index (χ1v) is 11.4. The van der Waals surface area contributed by atoms with Crippen LogP contribution in [0.25, 0.3) is 0 Å². The van der Waals surface area contributed by atoms with Gasteiger partial charge in [-0.15, -0.1) is 0 Å². The number of carbonyl (C=O) groups excluding carboxylic acids is 1. The van der Waals surface area contributed by atoms with E-state index in [4.69, 9.17) is 9.47 Å². The fourth-order valence-electron chi connectivity index (χ4n) is 4.09. The third-order valence-corrected chi connectivity index (χ3v) is 6.10. The molecule has 35 heavy (non-hydrogen) atoms. The first-order chi connectivity index (χ1) is 16.8. The smallest absolute Gasteiger partial charge is 0.416 e. The molecule has 0 radical (unpaired) electrons. The number of esters is 1. The maximum atomic E-state index is 12.9. The normalized spacial score (nSPS) is 15.5. The minimum absolute atomic E-state index is 0.0863. The molecule has 4 rings (SSSR count). The number of halogens is 3. The maximum Gasteiger partial charge on any atom is 0.416 e. The van der Waals surface area contributed by atoms with Crippen molar-refractivity contribution in [2.24, 2.45) is 0 Å². The minimum atomic E-state index is -4.46. The molecule has 0 spiro atoms. The van der Waals surface area contributed by atoms with Crippen LogP contribution in [0, 0.1) is 0 Å². The van der Waals surface area contributed by atoms with Crippen LogP contribution >= 0.6 is 0 Å². The summed E-state index contributed by atoms with van der Waals surface area (Å²) < 4.78 is 49.6. The highest BCUT2D eigenvalue weighted by Crippen LogP contribution is 2.30. The first-order valence-electron chi connectivity index (χ1n) is 11.4. The number of rotatable bonds is 7. The Morgan fingerprint density at radius 3 is 2.09 bits per heavy atom.